The van der Waals surface area contributed by atoms with Crippen molar-refractivity contribution >= 4 is 11.6 Å². The smallest absolute Gasteiger partial charge is 0.158 e. The van der Waals surface area contributed by atoms with Crippen LogP contribution in [0.25, 0.3) is 0 Å². The molecule has 0 bridgehead atoms. The zero-order valence-electron chi connectivity index (χ0n) is 11.1. The van der Waals surface area contributed by atoms with Crippen LogP contribution >= 0.6 is 0 Å². The van der Waals surface area contributed by atoms with Gasteiger partial charge in [-0.05, 0) is 13.0 Å². The molecule has 0 aliphatic rings. The van der Waals surface area contributed by atoms with Gasteiger partial charge in [-0.2, -0.15) is 5.10 Å². The molecule has 0 aliphatic heterocycles. The van der Waals surface area contributed by atoms with Crippen LogP contribution in [0.15, 0.2) is 18.3 Å². The second kappa shape index (κ2) is 6.14. The van der Waals surface area contributed by atoms with Crippen molar-refractivity contribution in [3.05, 3.63) is 29.8 Å². The monoisotopic (exact) mass is 262 g/mol. The van der Waals surface area contributed by atoms with E-state index >= 15 is 0 Å². The van der Waals surface area contributed by atoms with Gasteiger partial charge in [-0.1, -0.05) is 0 Å². The number of anilines is 2. The summed E-state index contributed by atoms with van der Waals surface area (Å²) in [5.41, 5.74) is 6.67. The predicted molar refractivity (Wildman–Crippen MR) is 72.3 cm³/mol. The Balaban J connectivity index is 2.01. The lowest BCUT2D eigenvalue weighted by Gasteiger charge is -2.07. The molecule has 2 rings (SSSR count). The molecule has 19 heavy (non-hydrogen) atoms. The topological polar surface area (TPSA) is 90.9 Å². The Labute approximate surface area is 111 Å². The van der Waals surface area contributed by atoms with Gasteiger partial charge in [0.1, 0.15) is 18.2 Å². The summed E-state index contributed by atoms with van der Waals surface area (Å²) in [5.74, 6) is 1.67. The molecule has 2 aromatic heterocycles. The summed E-state index contributed by atoms with van der Waals surface area (Å²) in [6.45, 7) is 3.49. The maximum atomic E-state index is 5.74. The van der Waals surface area contributed by atoms with Crippen LogP contribution in [-0.4, -0.2) is 26.4 Å². The Morgan fingerprint density at radius 2 is 2.26 bits per heavy atom. The van der Waals surface area contributed by atoms with E-state index in [9.17, 15) is 0 Å². The minimum absolute atomic E-state index is 0.361. The Kier molecular flexibility index (Phi) is 4.30. The van der Waals surface area contributed by atoms with Crippen LogP contribution < -0.4 is 11.1 Å². The van der Waals surface area contributed by atoms with Crippen molar-refractivity contribution in [2.45, 2.75) is 20.1 Å². The van der Waals surface area contributed by atoms with Crippen LogP contribution in [0.5, 0.6) is 0 Å². The molecule has 0 saturated heterocycles. The Morgan fingerprint density at radius 3 is 2.95 bits per heavy atom. The highest BCUT2D eigenvalue weighted by molar-refractivity contribution is 5.44. The zero-order valence-corrected chi connectivity index (χ0v) is 11.1. The lowest BCUT2D eigenvalue weighted by molar-refractivity contribution is 0.128. The summed E-state index contributed by atoms with van der Waals surface area (Å²) in [6.07, 6.45) is 1.89. The number of ether oxygens (including phenoxy) is 1. The average molecular weight is 262 g/mol. The first-order chi connectivity index (χ1) is 9.17. The minimum Gasteiger partial charge on any atom is -0.384 e. The molecule has 0 atom stereocenters. The fourth-order valence-corrected chi connectivity index (χ4v) is 1.60. The van der Waals surface area contributed by atoms with Crippen molar-refractivity contribution in [2.24, 2.45) is 7.05 Å². The van der Waals surface area contributed by atoms with Crippen molar-refractivity contribution in [1.29, 1.82) is 0 Å². The highest BCUT2D eigenvalue weighted by Crippen LogP contribution is 2.10. The number of hydrogen-bond donors (Lipinski definition) is 2. The van der Waals surface area contributed by atoms with E-state index in [1.807, 2.05) is 26.2 Å². The van der Waals surface area contributed by atoms with Gasteiger partial charge in [0.25, 0.3) is 0 Å². The van der Waals surface area contributed by atoms with Crippen LogP contribution in [0.2, 0.25) is 0 Å². The Morgan fingerprint density at radius 1 is 1.42 bits per heavy atom. The van der Waals surface area contributed by atoms with E-state index in [0.29, 0.717) is 37.2 Å². The largest absolute Gasteiger partial charge is 0.384 e. The molecule has 0 unspecified atom stereocenters. The van der Waals surface area contributed by atoms with Crippen molar-refractivity contribution in [3.8, 4) is 0 Å². The van der Waals surface area contributed by atoms with Crippen LogP contribution in [0.3, 0.4) is 0 Å². The first-order valence-electron chi connectivity index (χ1n) is 6.11. The molecule has 2 heterocycles. The molecule has 7 heteroatoms. The molecule has 0 radical (unpaired) electrons. The molecule has 0 fully saturated rings. The molecular weight excluding hydrogens is 244 g/mol. The first kappa shape index (κ1) is 13.3. The molecule has 102 valence electrons. The van der Waals surface area contributed by atoms with Crippen molar-refractivity contribution in [2.75, 3.05) is 17.7 Å². The van der Waals surface area contributed by atoms with E-state index in [1.165, 1.54) is 0 Å². The van der Waals surface area contributed by atoms with E-state index in [-0.39, 0.29) is 0 Å². The van der Waals surface area contributed by atoms with E-state index in [2.05, 4.69) is 20.4 Å². The molecule has 7 nitrogen and oxygen atoms in total. The van der Waals surface area contributed by atoms with Gasteiger partial charge in [0, 0.05) is 25.9 Å². The highest BCUT2D eigenvalue weighted by Gasteiger charge is 2.04. The van der Waals surface area contributed by atoms with E-state index < -0.39 is 0 Å². The number of nitrogens with two attached hydrogens (primary N) is 1. The molecule has 0 aromatic carbocycles. The summed E-state index contributed by atoms with van der Waals surface area (Å²) >= 11 is 0. The number of nitrogens with zero attached hydrogens (tertiary/aromatic N) is 4. The number of hydrogen-bond acceptors (Lipinski definition) is 6. The maximum Gasteiger partial charge on any atom is 0.158 e. The molecular formula is C12H18N6O. The highest BCUT2D eigenvalue weighted by atomic mass is 16.5. The van der Waals surface area contributed by atoms with Gasteiger partial charge in [0.2, 0.25) is 0 Å². The number of nitrogens with one attached hydrogen (secondary N) is 1. The fraction of sp³-hybridized carbons (Fsp3) is 0.417. The van der Waals surface area contributed by atoms with E-state index in [1.54, 1.807) is 10.7 Å². The second-order valence-corrected chi connectivity index (χ2v) is 4.07. The van der Waals surface area contributed by atoms with Gasteiger partial charge in [-0.3, -0.25) is 4.68 Å². The van der Waals surface area contributed by atoms with Crippen molar-refractivity contribution in [3.63, 3.8) is 0 Å². The molecule has 3 N–H and O–H groups in total. The average Bonchev–Trinajstić information content (AvgIpc) is 2.79. The first-order valence-corrected chi connectivity index (χ1v) is 6.11. The third kappa shape index (κ3) is 3.92. The summed E-state index contributed by atoms with van der Waals surface area (Å²) < 4.78 is 7.03. The van der Waals surface area contributed by atoms with E-state index in [0.717, 1.165) is 5.69 Å². The lowest BCUT2D eigenvalue weighted by Crippen LogP contribution is -2.08. The predicted octanol–water partition coefficient (Wildman–Crippen LogP) is 0.941. The number of aromatic nitrogens is 4. The fourth-order valence-electron chi connectivity index (χ4n) is 1.60. The van der Waals surface area contributed by atoms with Gasteiger partial charge >= 0.3 is 0 Å². The summed E-state index contributed by atoms with van der Waals surface area (Å²) in [4.78, 5) is 8.44. The molecule has 0 spiro atoms. The molecule has 2 aromatic rings. The number of rotatable bonds is 6. The van der Waals surface area contributed by atoms with Crippen molar-refractivity contribution < 1.29 is 4.74 Å². The Hall–Kier alpha value is -2.15. The number of nitrogen functional groups attached to an aromatic ring is 1. The van der Waals surface area contributed by atoms with E-state index in [4.69, 9.17) is 10.5 Å². The third-order valence-corrected chi connectivity index (χ3v) is 2.45. The zero-order chi connectivity index (χ0) is 13.7. The quantitative estimate of drug-likeness (QED) is 0.805. The van der Waals surface area contributed by atoms with Gasteiger partial charge in [0.15, 0.2) is 5.82 Å². The van der Waals surface area contributed by atoms with Gasteiger partial charge in [0.05, 0.1) is 12.2 Å². The second-order valence-electron chi connectivity index (χ2n) is 4.07. The molecule has 0 amide bonds. The third-order valence-electron chi connectivity index (χ3n) is 2.45. The minimum atomic E-state index is 0.361. The van der Waals surface area contributed by atoms with Crippen LogP contribution in [0.4, 0.5) is 11.6 Å². The van der Waals surface area contributed by atoms with Crippen LogP contribution in [0, 0.1) is 0 Å². The number of aryl methyl sites for hydroxylation is 1. The van der Waals surface area contributed by atoms with Gasteiger partial charge in [-0.15, -0.1) is 0 Å². The maximum absolute atomic E-state index is 5.74. The van der Waals surface area contributed by atoms with Crippen molar-refractivity contribution in [1.82, 2.24) is 19.7 Å². The van der Waals surface area contributed by atoms with Gasteiger partial charge < -0.3 is 15.8 Å². The molecule has 0 aliphatic carbocycles. The van der Waals surface area contributed by atoms with Gasteiger partial charge in [-0.25, -0.2) is 9.97 Å². The SMILES string of the molecule is CCOCc1nc(N)cc(NCc2ccn(C)n2)n1. The molecule has 0 saturated carbocycles. The Bertz CT molecular complexity index is 539. The lowest BCUT2D eigenvalue weighted by atomic mass is 10.4. The summed E-state index contributed by atoms with van der Waals surface area (Å²) in [7, 11) is 1.88. The van der Waals surface area contributed by atoms with Crippen LogP contribution in [0.1, 0.15) is 18.4 Å². The summed E-state index contributed by atoms with van der Waals surface area (Å²) in [5, 5.41) is 7.44. The standard InChI is InChI=1S/C12H18N6O/c1-3-19-8-12-15-10(13)6-11(16-12)14-7-9-4-5-18(2)17-9/h4-6H,3,7-8H2,1-2H3,(H3,13,14,15,16). The normalized spacial score (nSPS) is 10.6. The summed E-state index contributed by atoms with van der Waals surface area (Å²) in [6, 6.07) is 3.64. The van der Waals surface area contributed by atoms with Crippen LogP contribution in [-0.2, 0) is 24.9 Å².